The minimum Gasteiger partial charge on any atom is -0.368 e. The number of rotatable bonds is 13. The number of aromatic amines is 1. The van der Waals surface area contributed by atoms with Crippen LogP contribution in [0.5, 0.6) is 0 Å². The maximum absolute atomic E-state index is 13.3. The number of nitrogens with two attached hydrogens (primary N) is 1. The maximum Gasteiger partial charge on any atom is 0.237 e. The molecule has 0 saturated carbocycles. The number of hydrogen-bond donors (Lipinski definition) is 3. The highest BCUT2D eigenvalue weighted by Crippen LogP contribution is 2.30. The predicted octanol–water partition coefficient (Wildman–Crippen LogP) is 3.96. The molecule has 3 aromatic rings. The molecule has 190 valence electrons. The summed E-state index contributed by atoms with van der Waals surface area (Å²) in [5.41, 5.74) is 10.0. The number of likely N-dealkylation sites (tertiary alicyclic amines) is 1. The number of Topliss-reactive ketones (excluding diaryl/α,β-unsaturated/α-hetero) is 1. The van der Waals surface area contributed by atoms with Crippen molar-refractivity contribution in [2.24, 2.45) is 5.73 Å². The molecule has 1 fully saturated rings. The maximum atomic E-state index is 13.3. The highest BCUT2D eigenvalue weighted by Gasteiger charge is 2.40. The first-order valence-electron chi connectivity index (χ1n) is 12.9. The number of H-pyrrole nitrogens is 1. The van der Waals surface area contributed by atoms with Crippen LogP contribution in [0.1, 0.15) is 51.0 Å². The number of fused-ring (bicyclic) bond motifs is 1. The lowest BCUT2D eigenvalue weighted by atomic mass is 9.95. The van der Waals surface area contributed by atoms with Gasteiger partial charge in [0, 0.05) is 36.1 Å². The van der Waals surface area contributed by atoms with Gasteiger partial charge in [-0.3, -0.25) is 14.5 Å². The molecule has 1 aliphatic rings. The van der Waals surface area contributed by atoms with Gasteiger partial charge in [-0.1, -0.05) is 61.4 Å². The number of carbonyl (C=O) groups excluding carboxylic acids is 3. The third-order valence-corrected chi connectivity index (χ3v) is 7.15. The molecule has 0 spiro atoms. The summed E-state index contributed by atoms with van der Waals surface area (Å²) in [6.07, 6.45) is 5.13. The number of nitrogens with one attached hydrogen (secondary N) is 2. The van der Waals surface area contributed by atoms with E-state index < -0.39 is 0 Å². The Morgan fingerprint density at radius 2 is 1.81 bits per heavy atom. The van der Waals surface area contributed by atoms with E-state index in [0.29, 0.717) is 38.8 Å². The third-order valence-electron chi connectivity index (χ3n) is 7.15. The molecule has 0 bridgehead atoms. The van der Waals surface area contributed by atoms with Crippen LogP contribution in [0.2, 0.25) is 0 Å². The zero-order valence-electron chi connectivity index (χ0n) is 21.0. The summed E-state index contributed by atoms with van der Waals surface area (Å²) in [4.78, 5) is 41.8. The molecule has 2 atom stereocenters. The van der Waals surface area contributed by atoms with E-state index in [9.17, 15) is 14.4 Å². The minimum absolute atomic E-state index is 0.0615. The number of aromatic nitrogens is 1. The second-order valence-electron chi connectivity index (χ2n) is 9.69. The molecule has 4 rings (SSSR count). The SMILES string of the molecule is CC(=O)CCCCC[C@@H](C(=O)NCCc1c(-c2ccccc2)[nH]c2ccccc12)N1CC[C@@H]1C(N)=O. The average molecular weight is 489 g/mol. The molecule has 7 nitrogen and oxygen atoms in total. The third kappa shape index (κ3) is 6.02. The Morgan fingerprint density at radius 3 is 2.50 bits per heavy atom. The lowest BCUT2D eigenvalue weighted by Gasteiger charge is -2.43. The summed E-state index contributed by atoms with van der Waals surface area (Å²) in [6.45, 7) is 2.79. The fourth-order valence-corrected chi connectivity index (χ4v) is 5.16. The summed E-state index contributed by atoms with van der Waals surface area (Å²) < 4.78 is 0. The van der Waals surface area contributed by atoms with Crippen LogP contribution in [0, 0.1) is 0 Å². The van der Waals surface area contributed by atoms with Gasteiger partial charge in [-0.15, -0.1) is 0 Å². The molecule has 7 heteroatoms. The molecule has 1 aliphatic heterocycles. The molecule has 36 heavy (non-hydrogen) atoms. The van der Waals surface area contributed by atoms with Crippen LogP contribution in [0.15, 0.2) is 54.6 Å². The smallest absolute Gasteiger partial charge is 0.237 e. The van der Waals surface area contributed by atoms with Crippen molar-refractivity contribution in [1.82, 2.24) is 15.2 Å². The van der Waals surface area contributed by atoms with Gasteiger partial charge < -0.3 is 20.8 Å². The van der Waals surface area contributed by atoms with Gasteiger partial charge in [0.2, 0.25) is 11.8 Å². The van der Waals surface area contributed by atoms with E-state index in [1.54, 1.807) is 6.92 Å². The molecule has 2 amide bonds. The molecule has 2 aromatic carbocycles. The van der Waals surface area contributed by atoms with Crippen molar-refractivity contribution in [3.8, 4) is 11.3 Å². The van der Waals surface area contributed by atoms with Gasteiger partial charge >= 0.3 is 0 Å². The Balaban J connectivity index is 1.43. The number of nitrogens with zero attached hydrogens (tertiary/aromatic N) is 1. The van der Waals surface area contributed by atoms with E-state index in [-0.39, 0.29) is 29.7 Å². The molecule has 0 unspecified atom stereocenters. The fraction of sp³-hybridized carbons (Fsp3) is 0.414. The first-order valence-corrected chi connectivity index (χ1v) is 12.9. The van der Waals surface area contributed by atoms with E-state index in [2.05, 4.69) is 34.6 Å². The van der Waals surface area contributed by atoms with Gasteiger partial charge in [-0.2, -0.15) is 0 Å². The van der Waals surface area contributed by atoms with Crippen LogP contribution >= 0.6 is 0 Å². The van der Waals surface area contributed by atoms with Crippen molar-refractivity contribution in [1.29, 1.82) is 0 Å². The topological polar surface area (TPSA) is 108 Å². The van der Waals surface area contributed by atoms with Crippen molar-refractivity contribution in [3.63, 3.8) is 0 Å². The Morgan fingerprint density at radius 1 is 1.06 bits per heavy atom. The first kappa shape index (κ1) is 25.6. The lowest BCUT2D eigenvalue weighted by Crippen LogP contribution is -2.62. The molecule has 2 heterocycles. The normalized spacial score (nSPS) is 16.4. The molecule has 0 radical (unpaired) electrons. The second-order valence-corrected chi connectivity index (χ2v) is 9.69. The fourth-order valence-electron chi connectivity index (χ4n) is 5.16. The van der Waals surface area contributed by atoms with Crippen LogP contribution in [-0.2, 0) is 20.8 Å². The molecule has 1 aromatic heterocycles. The van der Waals surface area contributed by atoms with Crippen LogP contribution in [-0.4, -0.2) is 52.7 Å². The quantitative estimate of drug-likeness (QED) is 0.317. The first-order chi connectivity index (χ1) is 17.5. The molecule has 0 aliphatic carbocycles. The van der Waals surface area contributed by atoms with Crippen LogP contribution in [0.3, 0.4) is 0 Å². The summed E-state index contributed by atoms with van der Waals surface area (Å²) in [5, 5.41) is 4.29. The Bertz CT molecular complexity index is 1200. The van der Waals surface area contributed by atoms with Crippen molar-refractivity contribution < 1.29 is 14.4 Å². The van der Waals surface area contributed by atoms with Crippen molar-refractivity contribution in [3.05, 3.63) is 60.2 Å². The standard InChI is InChI=1S/C29H36N4O3/c1-20(34)10-4-2-7-15-26(33-19-17-25(33)28(30)35)29(36)31-18-16-23-22-13-8-9-14-24(22)32-27(23)21-11-5-3-6-12-21/h3,5-6,8-9,11-14,25-26,32H,2,4,7,10,15-19H2,1H3,(H2,30,35)(H,31,36)/t25-,26+/m1/s1. The summed E-state index contributed by atoms with van der Waals surface area (Å²) >= 11 is 0. The number of unbranched alkanes of at least 4 members (excludes halogenated alkanes) is 2. The van der Waals surface area contributed by atoms with E-state index >= 15 is 0 Å². The van der Waals surface area contributed by atoms with E-state index in [1.807, 2.05) is 35.2 Å². The van der Waals surface area contributed by atoms with E-state index in [4.69, 9.17) is 5.73 Å². The van der Waals surface area contributed by atoms with E-state index in [1.165, 1.54) is 5.56 Å². The predicted molar refractivity (Wildman–Crippen MR) is 142 cm³/mol. The largest absolute Gasteiger partial charge is 0.368 e. The van der Waals surface area contributed by atoms with Crippen LogP contribution < -0.4 is 11.1 Å². The second kappa shape index (κ2) is 12.0. The number of para-hydroxylation sites is 1. The number of carbonyl (C=O) groups is 3. The lowest BCUT2D eigenvalue weighted by molar-refractivity contribution is -0.137. The van der Waals surface area contributed by atoms with Gasteiger partial charge in [0.25, 0.3) is 0 Å². The Hall–Kier alpha value is -3.45. The zero-order chi connectivity index (χ0) is 25.5. The van der Waals surface area contributed by atoms with Gasteiger partial charge in [-0.05, 0) is 49.8 Å². The van der Waals surface area contributed by atoms with Gasteiger partial charge in [0.15, 0.2) is 0 Å². The van der Waals surface area contributed by atoms with Crippen molar-refractivity contribution in [2.75, 3.05) is 13.1 Å². The van der Waals surface area contributed by atoms with Gasteiger partial charge in [0.1, 0.15) is 5.78 Å². The van der Waals surface area contributed by atoms with Crippen molar-refractivity contribution in [2.45, 2.75) is 64.0 Å². The highest BCUT2D eigenvalue weighted by molar-refractivity contribution is 5.91. The minimum atomic E-state index is -0.384. The number of benzene rings is 2. The Kier molecular flexibility index (Phi) is 8.54. The molecule has 4 N–H and O–H groups in total. The molecular weight excluding hydrogens is 452 g/mol. The number of ketones is 1. The van der Waals surface area contributed by atoms with Crippen LogP contribution in [0.25, 0.3) is 22.2 Å². The summed E-state index contributed by atoms with van der Waals surface area (Å²) in [6, 6.07) is 17.7. The van der Waals surface area contributed by atoms with Gasteiger partial charge in [0.05, 0.1) is 12.1 Å². The Labute approximate surface area is 212 Å². The number of amides is 2. The summed E-state index contributed by atoms with van der Waals surface area (Å²) in [5.74, 6) is -0.247. The van der Waals surface area contributed by atoms with Crippen LogP contribution in [0.4, 0.5) is 0 Å². The highest BCUT2D eigenvalue weighted by atomic mass is 16.2. The molecular formula is C29H36N4O3. The number of hydrogen-bond acceptors (Lipinski definition) is 4. The van der Waals surface area contributed by atoms with E-state index in [0.717, 1.165) is 41.4 Å². The monoisotopic (exact) mass is 488 g/mol. The van der Waals surface area contributed by atoms with Crippen molar-refractivity contribution >= 4 is 28.5 Å². The zero-order valence-corrected chi connectivity index (χ0v) is 21.0. The average Bonchev–Trinajstić information content (AvgIpc) is 3.21. The summed E-state index contributed by atoms with van der Waals surface area (Å²) in [7, 11) is 0. The molecule has 1 saturated heterocycles. The van der Waals surface area contributed by atoms with Gasteiger partial charge in [-0.25, -0.2) is 0 Å². The number of primary amides is 1.